The van der Waals surface area contributed by atoms with Crippen molar-refractivity contribution in [2.75, 3.05) is 26.2 Å². The topological polar surface area (TPSA) is 96.3 Å². The third-order valence-electron chi connectivity index (χ3n) is 9.19. The van der Waals surface area contributed by atoms with Gasteiger partial charge in [0.05, 0.1) is 6.61 Å². The molecule has 6 rings (SSSR count). The molecule has 1 saturated carbocycles. The molecule has 5 aliphatic rings. The van der Waals surface area contributed by atoms with Crippen LogP contribution in [0, 0.1) is 17.8 Å². The number of allylic oxidation sites excluding steroid dienone is 4. The van der Waals surface area contributed by atoms with Crippen LogP contribution in [0.2, 0.25) is 0 Å². The van der Waals surface area contributed by atoms with Crippen molar-refractivity contribution >= 4 is 11.6 Å². The van der Waals surface area contributed by atoms with Gasteiger partial charge in [0.15, 0.2) is 22.8 Å². The molecule has 0 radical (unpaired) electrons. The van der Waals surface area contributed by atoms with Crippen molar-refractivity contribution in [1.29, 1.82) is 0 Å². The number of fused-ring (bicyclic) bond motifs is 1. The van der Waals surface area contributed by atoms with Crippen molar-refractivity contribution in [2.45, 2.75) is 78.4 Å². The minimum atomic E-state index is -1.34. The summed E-state index contributed by atoms with van der Waals surface area (Å²) in [6.45, 7) is 15.1. The van der Waals surface area contributed by atoms with Gasteiger partial charge in [0.1, 0.15) is 22.8 Å². The summed E-state index contributed by atoms with van der Waals surface area (Å²) in [5.41, 5.74) is 0.324. The maximum Gasteiger partial charge on any atom is 0.200 e. The number of carbonyl (C=O) groups excluding carboxylic acids is 2. The second kappa shape index (κ2) is 10.5. The number of phenolic OH excluding ortho intramolecular Hbond substituents is 2. The smallest absolute Gasteiger partial charge is 0.200 e. The van der Waals surface area contributed by atoms with Crippen LogP contribution in [0.25, 0.3) is 0 Å². The third-order valence-corrected chi connectivity index (χ3v) is 9.19. The molecule has 1 spiro atoms. The van der Waals surface area contributed by atoms with Crippen LogP contribution in [0.1, 0.15) is 76.7 Å². The summed E-state index contributed by atoms with van der Waals surface area (Å²) in [5, 5.41) is 21.8. The quantitative estimate of drug-likeness (QED) is 0.370. The van der Waals surface area contributed by atoms with Gasteiger partial charge < -0.3 is 24.6 Å². The van der Waals surface area contributed by atoms with Crippen molar-refractivity contribution in [1.82, 2.24) is 4.90 Å². The monoisotopic (exact) mass is 549 g/mol. The fourth-order valence-corrected chi connectivity index (χ4v) is 7.45. The van der Waals surface area contributed by atoms with Crippen LogP contribution in [-0.4, -0.2) is 64.1 Å². The molecule has 4 bridgehead atoms. The fraction of sp³-hybridized carbons (Fsp3) is 0.576. The van der Waals surface area contributed by atoms with E-state index in [9.17, 15) is 19.8 Å². The largest absolute Gasteiger partial charge is 0.507 e. The zero-order chi connectivity index (χ0) is 29.0. The molecule has 2 heterocycles. The first-order valence-electron chi connectivity index (χ1n) is 14.7. The number of phenols is 2. The van der Waals surface area contributed by atoms with Crippen molar-refractivity contribution in [3.8, 4) is 17.2 Å². The summed E-state index contributed by atoms with van der Waals surface area (Å²) in [5.74, 6) is -1.43. The van der Waals surface area contributed by atoms with Crippen LogP contribution >= 0.6 is 0 Å². The van der Waals surface area contributed by atoms with Gasteiger partial charge in [-0.2, -0.15) is 0 Å². The zero-order valence-electron chi connectivity index (χ0n) is 24.7. The average Bonchev–Trinajstić information content (AvgIpc) is 3.17. The van der Waals surface area contributed by atoms with Crippen LogP contribution in [0.4, 0.5) is 0 Å². The summed E-state index contributed by atoms with van der Waals surface area (Å²) in [7, 11) is 0. The zero-order valence-corrected chi connectivity index (χ0v) is 24.7. The summed E-state index contributed by atoms with van der Waals surface area (Å²) >= 11 is 0. The number of nitrogens with zero attached hydrogens (tertiary/aromatic N) is 1. The fourth-order valence-electron chi connectivity index (χ4n) is 7.45. The second-order valence-electron chi connectivity index (χ2n) is 12.4. The van der Waals surface area contributed by atoms with Crippen LogP contribution in [0.3, 0.4) is 0 Å². The SMILES string of the molecule is CCCN(CCC)C[C@@H]1[C@H]2COC3(CC=C(C)C)C(=O)[C@@H]1C=C1C(=O)c4c(O)cc(O)c(CC=C(C)C)c4O[C@]123. The van der Waals surface area contributed by atoms with E-state index in [0.29, 0.717) is 30.6 Å². The molecule has 40 heavy (non-hydrogen) atoms. The molecule has 1 aromatic rings. The van der Waals surface area contributed by atoms with E-state index in [1.54, 1.807) is 0 Å². The van der Waals surface area contributed by atoms with E-state index >= 15 is 0 Å². The maximum absolute atomic E-state index is 14.5. The lowest BCUT2D eigenvalue weighted by molar-refractivity contribution is -0.171. The first-order chi connectivity index (χ1) is 19.0. The standard InChI is InChI=1S/C33H43NO6/c1-7-13-34(14-8-2)17-23-22-15-24-29(37)28-27(36)16-26(35)21(10-9-19(3)4)30(28)40-33(24)25(23)18-39-32(33,31(22)38)12-11-20(5)6/h9,11,15-16,22-23,25,35-36H,7-8,10,12-14,17-18H2,1-6H3/t22-,23+,25-,32?,33-/m1/s1. The number of carbonyl (C=O) groups is 2. The predicted molar refractivity (Wildman–Crippen MR) is 154 cm³/mol. The van der Waals surface area contributed by atoms with E-state index in [2.05, 4.69) is 18.7 Å². The molecule has 7 heteroatoms. The molecule has 2 aliphatic heterocycles. The molecule has 7 nitrogen and oxygen atoms in total. The van der Waals surface area contributed by atoms with Gasteiger partial charge >= 0.3 is 0 Å². The van der Waals surface area contributed by atoms with Gasteiger partial charge in [0, 0.05) is 42.0 Å². The molecule has 3 aliphatic carbocycles. The lowest BCUT2D eigenvalue weighted by atomic mass is 9.49. The number of hydrogen-bond acceptors (Lipinski definition) is 7. The Kier molecular flexibility index (Phi) is 7.51. The van der Waals surface area contributed by atoms with Gasteiger partial charge in [0.25, 0.3) is 0 Å². The van der Waals surface area contributed by atoms with Crippen molar-refractivity contribution in [2.24, 2.45) is 17.8 Å². The molecular weight excluding hydrogens is 506 g/mol. The summed E-state index contributed by atoms with van der Waals surface area (Å²) in [6.07, 6.45) is 8.42. The minimum Gasteiger partial charge on any atom is -0.507 e. The number of rotatable bonds is 10. The average molecular weight is 550 g/mol. The Bertz CT molecular complexity index is 1310. The second-order valence-corrected chi connectivity index (χ2v) is 12.4. The highest BCUT2D eigenvalue weighted by Crippen LogP contribution is 2.65. The number of aromatic hydroxyl groups is 2. The summed E-state index contributed by atoms with van der Waals surface area (Å²) < 4.78 is 13.5. The molecule has 5 atom stereocenters. The third kappa shape index (κ3) is 4.07. The Hall–Kier alpha value is -2.90. The molecule has 216 valence electrons. The van der Waals surface area contributed by atoms with Crippen molar-refractivity contribution in [3.05, 3.63) is 52.1 Å². The highest BCUT2D eigenvalue weighted by atomic mass is 16.6. The number of hydrogen-bond donors (Lipinski definition) is 2. The van der Waals surface area contributed by atoms with Gasteiger partial charge in [-0.05, 0) is 66.0 Å². The van der Waals surface area contributed by atoms with Crippen LogP contribution in [0.15, 0.2) is 41.0 Å². The highest BCUT2D eigenvalue weighted by Gasteiger charge is 2.79. The maximum atomic E-state index is 14.5. The van der Waals surface area contributed by atoms with Gasteiger partial charge in [-0.15, -0.1) is 0 Å². The number of Topliss-reactive ketones (excluding diaryl/α,β-unsaturated/α-hetero) is 2. The molecule has 0 amide bonds. The Morgan fingerprint density at radius 1 is 1.05 bits per heavy atom. The van der Waals surface area contributed by atoms with Crippen LogP contribution < -0.4 is 4.74 Å². The highest BCUT2D eigenvalue weighted by molar-refractivity contribution is 6.18. The predicted octanol–water partition coefficient (Wildman–Crippen LogP) is 5.54. The minimum absolute atomic E-state index is 0.0353. The molecule has 1 saturated heterocycles. The Morgan fingerprint density at radius 3 is 2.35 bits per heavy atom. The van der Waals surface area contributed by atoms with E-state index in [-0.39, 0.29) is 46.2 Å². The normalized spacial score (nSPS) is 29.6. The number of ether oxygens (including phenoxy) is 2. The molecule has 2 fully saturated rings. The van der Waals surface area contributed by atoms with Gasteiger partial charge in [-0.1, -0.05) is 43.2 Å². The Labute approximate surface area is 237 Å². The lowest BCUT2D eigenvalue weighted by Gasteiger charge is -2.59. The Morgan fingerprint density at radius 2 is 1.73 bits per heavy atom. The molecule has 2 N–H and O–H groups in total. The van der Waals surface area contributed by atoms with E-state index in [0.717, 1.165) is 43.6 Å². The van der Waals surface area contributed by atoms with Crippen molar-refractivity contribution < 1.29 is 29.3 Å². The van der Waals surface area contributed by atoms with Crippen molar-refractivity contribution in [3.63, 3.8) is 0 Å². The first kappa shape index (κ1) is 28.6. The van der Waals surface area contributed by atoms with E-state index in [1.807, 2.05) is 45.9 Å². The first-order valence-corrected chi connectivity index (χ1v) is 14.7. The van der Waals surface area contributed by atoms with Gasteiger partial charge in [-0.3, -0.25) is 9.59 Å². The van der Waals surface area contributed by atoms with Gasteiger partial charge in [0.2, 0.25) is 0 Å². The van der Waals surface area contributed by atoms with E-state index < -0.39 is 17.1 Å². The van der Waals surface area contributed by atoms with Crippen LogP contribution in [-0.2, 0) is 16.0 Å². The van der Waals surface area contributed by atoms with Crippen LogP contribution in [0.5, 0.6) is 17.2 Å². The molecule has 1 aromatic carbocycles. The summed E-state index contributed by atoms with van der Waals surface area (Å²) in [4.78, 5) is 31.2. The summed E-state index contributed by atoms with van der Waals surface area (Å²) in [6, 6.07) is 1.22. The Balaban J connectivity index is 1.72. The number of ketones is 2. The van der Waals surface area contributed by atoms with Gasteiger partial charge in [-0.25, -0.2) is 0 Å². The molecule has 1 unspecified atom stereocenters. The number of benzene rings is 1. The molecule has 0 aromatic heterocycles. The lowest BCUT2D eigenvalue weighted by Crippen LogP contribution is -2.74. The van der Waals surface area contributed by atoms with E-state index in [4.69, 9.17) is 9.47 Å². The molecular formula is C33H43NO6. The van der Waals surface area contributed by atoms with E-state index in [1.165, 1.54) is 6.07 Å².